The highest BCUT2D eigenvalue weighted by molar-refractivity contribution is 5.92. The molecule has 0 aromatic heterocycles. The van der Waals surface area contributed by atoms with Gasteiger partial charge in [0.05, 0.1) is 19.7 Å². The second kappa shape index (κ2) is 13.6. The van der Waals surface area contributed by atoms with Crippen molar-refractivity contribution in [2.75, 3.05) is 33.4 Å². The molecule has 2 aliphatic rings. The van der Waals surface area contributed by atoms with Crippen LogP contribution in [0.5, 0.6) is 5.75 Å². The number of amides is 4. The number of urea groups is 1. The Balaban J connectivity index is 1.26. The number of piperazine rings is 1. The number of fused-ring (bicyclic) bond motifs is 2. The van der Waals surface area contributed by atoms with Gasteiger partial charge in [0.1, 0.15) is 30.4 Å². The van der Waals surface area contributed by atoms with E-state index in [1.54, 1.807) is 46.1 Å². The first-order chi connectivity index (χ1) is 22.3. The van der Waals surface area contributed by atoms with Crippen LogP contribution in [-0.2, 0) is 29.1 Å². The Morgan fingerprint density at radius 1 is 0.978 bits per heavy atom. The Labute approximate surface area is 266 Å². The van der Waals surface area contributed by atoms with Crippen LogP contribution in [0.15, 0.2) is 91.0 Å². The molecule has 2 aliphatic heterocycles. The van der Waals surface area contributed by atoms with Crippen LogP contribution < -0.4 is 10.1 Å². The largest absolute Gasteiger partial charge is 0.491 e. The average Bonchev–Trinajstić information content (AvgIpc) is 3.40. The highest BCUT2D eigenvalue weighted by Crippen LogP contribution is 2.31. The van der Waals surface area contributed by atoms with E-state index in [-0.39, 0.29) is 56.9 Å². The van der Waals surface area contributed by atoms with Crippen LogP contribution in [0.1, 0.15) is 16.7 Å². The molecule has 10 nitrogen and oxygen atoms in total. The average molecular weight is 626 g/mol. The molecular formula is C35H36FN5O5. The molecule has 4 aromatic rings. The number of nitrogens with one attached hydrogen (secondary N) is 1. The molecule has 0 radical (unpaired) electrons. The molecule has 6 rings (SSSR count). The molecule has 0 aliphatic carbocycles. The number of ether oxygens (including phenoxy) is 1. The summed E-state index contributed by atoms with van der Waals surface area (Å²) in [5.74, 6) is -0.166. The van der Waals surface area contributed by atoms with E-state index >= 15 is 0 Å². The predicted octanol–water partition coefficient (Wildman–Crippen LogP) is 3.53. The molecule has 2 fully saturated rings. The van der Waals surface area contributed by atoms with Crippen LogP contribution in [-0.4, -0.2) is 88.3 Å². The van der Waals surface area contributed by atoms with Crippen molar-refractivity contribution >= 4 is 28.6 Å². The molecule has 4 aromatic carbocycles. The Kier molecular flexibility index (Phi) is 9.13. The number of hydrazine groups is 1. The van der Waals surface area contributed by atoms with E-state index in [1.165, 1.54) is 17.1 Å². The van der Waals surface area contributed by atoms with E-state index in [2.05, 4.69) is 5.32 Å². The summed E-state index contributed by atoms with van der Waals surface area (Å²) in [6.07, 6.45) is -0.291. The van der Waals surface area contributed by atoms with Gasteiger partial charge in [0.15, 0.2) is 0 Å². The van der Waals surface area contributed by atoms with Crippen molar-refractivity contribution in [3.05, 3.63) is 114 Å². The first-order valence-corrected chi connectivity index (χ1v) is 15.2. The summed E-state index contributed by atoms with van der Waals surface area (Å²) in [5, 5.41) is 17.1. The first kappa shape index (κ1) is 31.0. The fraction of sp³-hybridized carbons (Fsp3) is 0.286. The Morgan fingerprint density at radius 2 is 1.70 bits per heavy atom. The number of aliphatic hydroxyl groups excluding tert-OH is 1. The summed E-state index contributed by atoms with van der Waals surface area (Å²) in [6.45, 7) is 0.759. The Morgan fingerprint density at radius 3 is 2.46 bits per heavy atom. The second-order valence-electron chi connectivity index (χ2n) is 11.5. The lowest BCUT2D eigenvalue weighted by Crippen LogP contribution is -2.65. The lowest BCUT2D eigenvalue weighted by Gasteiger charge is -2.46. The van der Waals surface area contributed by atoms with Gasteiger partial charge in [0.2, 0.25) is 11.8 Å². The molecule has 2 N–H and O–H groups in total. The van der Waals surface area contributed by atoms with E-state index in [9.17, 15) is 18.8 Å². The SMILES string of the molecule is CN(C(=O)NCc1ccc(F)cc1)N1CC(=O)N2[C@@H](Cc3ccc(OCCO)cc3)C(=O)N(Cc3cccc4ccccc34)C[C@@H]21. The molecule has 2 heterocycles. The van der Waals surface area contributed by atoms with Crippen LogP contribution in [0.3, 0.4) is 0 Å². The van der Waals surface area contributed by atoms with Gasteiger partial charge < -0.3 is 25.0 Å². The summed E-state index contributed by atoms with van der Waals surface area (Å²) in [6, 6.07) is 26.0. The number of hydrogen-bond donors (Lipinski definition) is 2. The molecule has 2 atom stereocenters. The molecule has 0 saturated carbocycles. The Hall–Kier alpha value is -5.00. The molecule has 0 bridgehead atoms. The Bertz CT molecular complexity index is 1710. The third-order valence-corrected chi connectivity index (χ3v) is 8.56. The fourth-order valence-corrected chi connectivity index (χ4v) is 6.21. The van der Waals surface area contributed by atoms with Crippen LogP contribution in [0.4, 0.5) is 9.18 Å². The second-order valence-corrected chi connectivity index (χ2v) is 11.5. The maximum atomic E-state index is 14.2. The summed E-state index contributed by atoms with van der Waals surface area (Å²) in [4.78, 5) is 44.5. The predicted molar refractivity (Wildman–Crippen MR) is 170 cm³/mol. The summed E-state index contributed by atoms with van der Waals surface area (Å²) >= 11 is 0. The number of benzene rings is 4. The van der Waals surface area contributed by atoms with E-state index in [4.69, 9.17) is 9.84 Å². The molecular weight excluding hydrogens is 589 g/mol. The van der Waals surface area contributed by atoms with Crippen LogP contribution in [0, 0.1) is 5.82 Å². The quantitative estimate of drug-likeness (QED) is 0.280. The normalized spacial score (nSPS) is 18.2. The maximum Gasteiger partial charge on any atom is 0.332 e. The van der Waals surface area contributed by atoms with Gasteiger partial charge in [-0.15, -0.1) is 0 Å². The minimum absolute atomic E-state index is 0.0645. The third kappa shape index (κ3) is 6.51. The van der Waals surface area contributed by atoms with E-state index in [0.29, 0.717) is 12.3 Å². The third-order valence-electron chi connectivity index (χ3n) is 8.56. The van der Waals surface area contributed by atoms with Crippen molar-refractivity contribution in [1.82, 2.24) is 25.1 Å². The number of rotatable bonds is 10. The van der Waals surface area contributed by atoms with Gasteiger partial charge in [-0.3, -0.25) is 14.6 Å². The van der Waals surface area contributed by atoms with Crippen molar-refractivity contribution < 1.29 is 28.6 Å². The zero-order valence-electron chi connectivity index (χ0n) is 25.5. The van der Waals surface area contributed by atoms with Crippen molar-refractivity contribution in [3.63, 3.8) is 0 Å². The minimum atomic E-state index is -0.786. The number of hydrogen-bond acceptors (Lipinski definition) is 6. The van der Waals surface area contributed by atoms with Crippen molar-refractivity contribution in [2.24, 2.45) is 0 Å². The first-order valence-electron chi connectivity index (χ1n) is 15.2. The van der Waals surface area contributed by atoms with E-state index in [1.807, 2.05) is 54.6 Å². The number of carbonyl (C=O) groups is 3. The molecule has 4 amide bonds. The summed E-state index contributed by atoms with van der Waals surface area (Å²) in [5.41, 5.74) is 2.57. The van der Waals surface area contributed by atoms with Gasteiger partial charge in [-0.1, -0.05) is 66.7 Å². The van der Waals surface area contributed by atoms with Crippen LogP contribution >= 0.6 is 0 Å². The molecule has 11 heteroatoms. The summed E-state index contributed by atoms with van der Waals surface area (Å²) in [7, 11) is 1.60. The monoisotopic (exact) mass is 625 g/mol. The van der Waals surface area contributed by atoms with Crippen LogP contribution in [0.25, 0.3) is 10.8 Å². The molecule has 2 saturated heterocycles. The fourth-order valence-electron chi connectivity index (χ4n) is 6.21. The zero-order valence-corrected chi connectivity index (χ0v) is 25.5. The van der Waals surface area contributed by atoms with E-state index in [0.717, 1.165) is 27.5 Å². The smallest absolute Gasteiger partial charge is 0.332 e. The zero-order chi connectivity index (χ0) is 32.2. The number of nitrogens with zero attached hydrogens (tertiary/aromatic N) is 4. The number of carbonyl (C=O) groups excluding carboxylic acids is 3. The van der Waals surface area contributed by atoms with Gasteiger partial charge in [-0.05, 0) is 51.7 Å². The molecule has 0 spiro atoms. The number of aliphatic hydroxyl groups is 1. The van der Waals surface area contributed by atoms with Gasteiger partial charge in [0, 0.05) is 26.6 Å². The topological polar surface area (TPSA) is 106 Å². The molecule has 0 unspecified atom stereocenters. The molecule has 46 heavy (non-hydrogen) atoms. The van der Waals surface area contributed by atoms with Crippen molar-refractivity contribution in [2.45, 2.75) is 31.7 Å². The van der Waals surface area contributed by atoms with E-state index < -0.39 is 18.2 Å². The van der Waals surface area contributed by atoms with Gasteiger partial charge in [0.25, 0.3) is 0 Å². The van der Waals surface area contributed by atoms with Gasteiger partial charge in [-0.25, -0.2) is 9.18 Å². The number of halogens is 1. The van der Waals surface area contributed by atoms with Crippen molar-refractivity contribution in [3.8, 4) is 5.75 Å². The highest BCUT2D eigenvalue weighted by atomic mass is 19.1. The summed E-state index contributed by atoms with van der Waals surface area (Å²) < 4.78 is 18.8. The maximum absolute atomic E-state index is 14.2. The van der Waals surface area contributed by atoms with Gasteiger partial charge >= 0.3 is 6.03 Å². The van der Waals surface area contributed by atoms with Crippen LogP contribution in [0.2, 0.25) is 0 Å². The highest BCUT2D eigenvalue weighted by Gasteiger charge is 2.51. The minimum Gasteiger partial charge on any atom is -0.491 e. The lowest BCUT2D eigenvalue weighted by molar-refractivity contribution is -0.157. The standard InChI is InChI=1S/C35H36FN5O5/c1-38(35(45)37-20-25-9-13-28(36)14-10-25)40-23-33(43)41-31(19-24-11-15-29(16-12-24)46-18-17-42)34(44)39(22-32(40)41)21-27-7-4-6-26-5-2-3-8-30(26)27/h2-16,31-32,42H,17-23H2,1H3,(H,37,45)/t31-,32+/m0/s1. The lowest BCUT2D eigenvalue weighted by atomic mass is 9.99. The van der Waals surface area contributed by atoms with Crippen molar-refractivity contribution in [1.29, 1.82) is 0 Å². The van der Waals surface area contributed by atoms with Gasteiger partial charge in [-0.2, -0.15) is 5.01 Å². The molecule has 238 valence electrons.